The van der Waals surface area contributed by atoms with Crippen LogP contribution in [0.25, 0.3) is 0 Å². The fourth-order valence-corrected chi connectivity index (χ4v) is 2.73. The molecule has 0 aliphatic carbocycles. The predicted molar refractivity (Wildman–Crippen MR) is 85.2 cm³/mol. The van der Waals surface area contributed by atoms with Gasteiger partial charge in [0.2, 0.25) is 0 Å². The van der Waals surface area contributed by atoms with Crippen LogP contribution in [0.15, 0.2) is 48.9 Å². The minimum Gasteiger partial charge on any atom is -0.403 e. The highest BCUT2D eigenvalue weighted by molar-refractivity contribution is 5.40. The van der Waals surface area contributed by atoms with E-state index in [0.29, 0.717) is 0 Å². The van der Waals surface area contributed by atoms with Crippen molar-refractivity contribution in [2.24, 2.45) is 5.73 Å². The molecule has 0 radical (unpaired) electrons. The minimum absolute atomic E-state index is 0.0746. The summed E-state index contributed by atoms with van der Waals surface area (Å²) in [4.78, 5) is 0. The Morgan fingerprint density at radius 2 is 2.00 bits per heavy atom. The summed E-state index contributed by atoms with van der Waals surface area (Å²) in [7, 11) is 1.80. The lowest BCUT2D eigenvalue weighted by Crippen LogP contribution is -2.47. The van der Waals surface area contributed by atoms with Crippen LogP contribution in [0.3, 0.4) is 0 Å². The van der Waals surface area contributed by atoms with Crippen LogP contribution in [0.4, 0.5) is 0 Å². The third-order valence-corrected chi connectivity index (χ3v) is 3.71. The number of ether oxygens (including phenoxy) is 1. The van der Waals surface area contributed by atoms with Gasteiger partial charge in [-0.05, 0) is 43.5 Å². The number of rotatable bonds is 3. The van der Waals surface area contributed by atoms with Crippen molar-refractivity contribution in [3.63, 3.8) is 0 Å². The summed E-state index contributed by atoms with van der Waals surface area (Å²) in [6.07, 6.45) is 10.1. The molecule has 1 fully saturated rings. The van der Waals surface area contributed by atoms with Gasteiger partial charge in [-0.2, -0.15) is 0 Å². The van der Waals surface area contributed by atoms with Crippen molar-refractivity contribution < 1.29 is 4.74 Å². The highest BCUT2D eigenvalue weighted by Crippen LogP contribution is 2.38. The lowest BCUT2D eigenvalue weighted by molar-refractivity contribution is -0.0428. The van der Waals surface area contributed by atoms with Gasteiger partial charge in [-0.25, -0.2) is 0 Å². The maximum Gasteiger partial charge on any atom is 0.0958 e. The van der Waals surface area contributed by atoms with Crippen LogP contribution in [-0.4, -0.2) is 32.3 Å². The van der Waals surface area contributed by atoms with Gasteiger partial charge in [-0.3, -0.25) is 0 Å². The lowest BCUT2D eigenvalue weighted by atomic mass is 9.79. The molecule has 0 aromatic carbocycles. The lowest BCUT2D eigenvalue weighted by Gasteiger charge is -2.42. The first-order chi connectivity index (χ1) is 9.74. The molecule has 0 atom stereocenters. The van der Waals surface area contributed by atoms with Crippen molar-refractivity contribution in [2.45, 2.75) is 24.9 Å². The van der Waals surface area contributed by atoms with E-state index in [0.717, 1.165) is 39.0 Å². The van der Waals surface area contributed by atoms with Crippen LogP contribution in [0.1, 0.15) is 19.3 Å². The largest absolute Gasteiger partial charge is 0.403 e. The second-order valence-electron chi connectivity index (χ2n) is 4.84. The van der Waals surface area contributed by atoms with E-state index in [1.165, 1.54) is 17.3 Å². The molecule has 0 saturated carbocycles. The first-order valence-corrected chi connectivity index (χ1v) is 7.11. The van der Waals surface area contributed by atoms with Crippen molar-refractivity contribution in [1.29, 1.82) is 0 Å². The second kappa shape index (κ2) is 8.61. The third-order valence-electron chi connectivity index (χ3n) is 3.71. The summed E-state index contributed by atoms with van der Waals surface area (Å²) in [5, 5.41) is 6.08. The Morgan fingerprint density at radius 1 is 1.30 bits per heavy atom. The molecule has 0 unspecified atom stereocenters. The monoisotopic (exact) mass is 277 g/mol. The van der Waals surface area contributed by atoms with Gasteiger partial charge in [0, 0.05) is 19.4 Å². The molecule has 0 bridgehead atoms. The smallest absolute Gasteiger partial charge is 0.0958 e. The molecule has 4 heteroatoms. The Bertz CT molecular complexity index is 379. The van der Waals surface area contributed by atoms with E-state index in [-0.39, 0.29) is 5.60 Å². The average Bonchev–Trinajstić information content (AvgIpc) is 2.49. The van der Waals surface area contributed by atoms with Crippen molar-refractivity contribution in [3.05, 3.63) is 48.9 Å². The Balaban J connectivity index is 0.000000347. The second-order valence-corrected chi connectivity index (χ2v) is 4.84. The fraction of sp³-hybridized carbons (Fsp3) is 0.500. The maximum atomic E-state index is 6.03. The molecule has 112 valence electrons. The van der Waals surface area contributed by atoms with E-state index in [1.807, 2.05) is 12.2 Å². The van der Waals surface area contributed by atoms with Gasteiger partial charge in [-0.1, -0.05) is 25.3 Å². The van der Waals surface area contributed by atoms with Gasteiger partial charge in [0.25, 0.3) is 0 Å². The van der Waals surface area contributed by atoms with E-state index in [9.17, 15) is 0 Å². The number of hydrogen-bond acceptors (Lipinski definition) is 4. The number of nitrogens with one attached hydrogen (secondary N) is 2. The van der Waals surface area contributed by atoms with Gasteiger partial charge in [0.05, 0.1) is 12.2 Å². The summed E-state index contributed by atoms with van der Waals surface area (Å²) >= 11 is 0. The molecular formula is C16H27N3O. The molecule has 20 heavy (non-hydrogen) atoms. The zero-order valence-electron chi connectivity index (χ0n) is 12.5. The molecule has 0 aromatic heterocycles. The molecule has 2 heterocycles. The SMILES string of the molecule is C=CC1=C(C=C)C2(CCNCC2)OCC1.CN/C=C\N. The fourth-order valence-electron chi connectivity index (χ4n) is 2.73. The van der Waals surface area contributed by atoms with Crippen molar-refractivity contribution in [1.82, 2.24) is 10.6 Å². The Hall–Kier alpha value is -1.52. The van der Waals surface area contributed by atoms with E-state index in [1.54, 1.807) is 13.2 Å². The van der Waals surface area contributed by atoms with Gasteiger partial charge >= 0.3 is 0 Å². The van der Waals surface area contributed by atoms with E-state index >= 15 is 0 Å². The van der Waals surface area contributed by atoms with E-state index in [2.05, 4.69) is 23.8 Å². The van der Waals surface area contributed by atoms with Gasteiger partial charge in [-0.15, -0.1) is 0 Å². The quantitative estimate of drug-likeness (QED) is 0.736. The normalized spacial score (nSPS) is 21.2. The van der Waals surface area contributed by atoms with Crippen molar-refractivity contribution >= 4 is 0 Å². The Kier molecular flexibility index (Phi) is 7.12. The average molecular weight is 277 g/mol. The third kappa shape index (κ3) is 3.99. The molecule has 1 spiro atoms. The van der Waals surface area contributed by atoms with Gasteiger partial charge in [0.15, 0.2) is 0 Å². The highest BCUT2D eigenvalue weighted by Gasteiger charge is 2.38. The first-order valence-electron chi connectivity index (χ1n) is 7.11. The zero-order chi connectivity index (χ0) is 14.8. The molecule has 1 saturated heterocycles. The molecule has 4 nitrogen and oxygen atoms in total. The number of piperidine rings is 1. The Morgan fingerprint density at radius 3 is 2.45 bits per heavy atom. The summed E-state index contributed by atoms with van der Waals surface area (Å²) in [6, 6.07) is 0. The van der Waals surface area contributed by atoms with Gasteiger partial charge < -0.3 is 21.1 Å². The maximum absolute atomic E-state index is 6.03. The minimum atomic E-state index is -0.0746. The standard InChI is InChI=1S/C13H19NO.C3H8N2/c1-3-11-5-10-15-13(12(11)4-2)6-8-14-9-7-13;1-5-3-2-4/h3-4,14H,1-2,5-10H2;2-3,5H,4H2,1H3/b;3-2-. The number of nitrogens with two attached hydrogens (primary N) is 1. The molecule has 4 N–H and O–H groups in total. The molecule has 0 aromatic rings. The van der Waals surface area contributed by atoms with Gasteiger partial charge in [0.1, 0.15) is 0 Å². The van der Waals surface area contributed by atoms with Crippen molar-refractivity contribution in [2.75, 3.05) is 26.7 Å². The topological polar surface area (TPSA) is 59.3 Å². The van der Waals surface area contributed by atoms with Crippen LogP contribution in [0.2, 0.25) is 0 Å². The molecule has 2 rings (SSSR count). The Labute approximate surface area is 122 Å². The van der Waals surface area contributed by atoms with Crippen LogP contribution in [-0.2, 0) is 4.74 Å². The van der Waals surface area contributed by atoms with Crippen LogP contribution in [0.5, 0.6) is 0 Å². The summed E-state index contributed by atoms with van der Waals surface area (Å²) < 4.78 is 6.03. The highest BCUT2D eigenvalue weighted by atomic mass is 16.5. The van der Waals surface area contributed by atoms with E-state index < -0.39 is 0 Å². The molecule has 2 aliphatic heterocycles. The van der Waals surface area contributed by atoms with Crippen LogP contribution < -0.4 is 16.4 Å². The van der Waals surface area contributed by atoms with Crippen molar-refractivity contribution in [3.8, 4) is 0 Å². The van der Waals surface area contributed by atoms with Crippen LogP contribution in [0, 0.1) is 0 Å². The van der Waals surface area contributed by atoms with E-state index in [4.69, 9.17) is 10.5 Å². The summed E-state index contributed by atoms with van der Waals surface area (Å²) in [5.41, 5.74) is 7.41. The first kappa shape index (κ1) is 16.5. The molecule has 0 amide bonds. The summed E-state index contributed by atoms with van der Waals surface area (Å²) in [5.74, 6) is 0. The number of hydrogen-bond donors (Lipinski definition) is 3. The predicted octanol–water partition coefficient (Wildman–Crippen LogP) is 1.83. The summed E-state index contributed by atoms with van der Waals surface area (Å²) in [6.45, 7) is 10.7. The molecule has 2 aliphatic rings. The molecular weight excluding hydrogens is 250 g/mol. The number of allylic oxidation sites excluding steroid dienone is 1. The van der Waals surface area contributed by atoms with Crippen LogP contribution >= 0.6 is 0 Å². The zero-order valence-corrected chi connectivity index (χ0v) is 12.5.